The van der Waals surface area contributed by atoms with Crippen LogP contribution in [0.1, 0.15) is 51.4 Å². The fraction of sp³-hybridized carbons (Fsp3) is 1.00. The monoisotopic (exact) mass is 229 g/mol. The second kappa shape index (κ2) is 8.46. The van der Waals surface area contributed by atoms with Crippen LogP contribution in [0.2, 0.25) is 0 Å². The SMILES string of the molecule is CN(CCCCCS)CC1CCCCC1. The highest BCUT2D eigenvalue weighted by Gasteiger charge is 2.14. The molecule has 0 aromatic rings. The van der Waals surface area contributed by atoms with E-state index in [9.17, 15) is 0 Å². The quantitative estimate of drug-likeness (QED) is 0.516. The van der Waals surface area contributed by atoms with Gasteiger partial charge in [-0.3, -0.25) is 0 Å². The van der Waals surface area contributed by atoms with Crippen molar-refractivity contribution in [3.8, 4) is 0 Å². The summed E-state index contributed by atoms with van der Waals surface area (Å²) < 4.78 is 0. The molecular weight excluding hydrogens is 202 g/mol. The van der Waals surface area contributed by atoms with Crippen LogP contribution in [0.3, 0.4) is 0 Å². The average molecular weight is 229 g/mol. The van der Waals surface area contributed by atoms with Gasteiger partial charge in [0.25, 0.3) is 0 Å². The zero-order chi connectivity index (χ0) is 10.9. The molecule has 0 N–H and O–H groups in total. The lowest BCUT2D eigenvalue weighted by Crippen LogP contribution is -2.27. The molecule has 0 heterocycles. The van der Waals surface area contributed by atoms with E-state index >= 15 is 0 Å². The highest BCUT2D eigenvalue weighted by atomic mass is 32.1. The Balaban J connectivity index is 1.98. The molecular formula is C13H27NS. The van der Waals surface area contributed by atoms with E-state index in [0.717, 1.165) is 11.7 Å². The van der Waals surface area contributed by atoms with Gasteiger partial charge < -0.3 is 4.90 Å². The van der Waals surface area contributed by atoms with Crippen molar-refractivity contribution in [2.24, 2.45) is 5.92 Å². The molecule has 1 aliphatic carbocycles. The van der Waals surface area contributed by atoms with E-state index in [-0.39, 0.29) is 0 Å². The van der Waals surface area contributed by atoms with Crippen molar-refractivity contribution in [3.63, 3.8) is 0 Å². The highest BCUT2D eigenvalue weighted by molar-refractivity contribution is 7.80. The van der Waals surface area contributed by atoms with Crippen molar-refractivity contribution in [2.45, 2.75) is 51.4 Å². The molecule has 0 radical (unpaired) electrons. The first-order chi connectivity index (χ1) is 7.33. The Labute approximate surface area is 101 Å². The Morgan fingerprint density at radius 1 is 1.07 bits per heavy atom. The Morgan fingerprint density at radius 2 is 1.80 bits per heavy atom. The summed E-state index contributed by atoms with van der Waals surface area (Å²) in [6.07, 6.45) is 11.3. The molecule has 0 spiro atoms. The lowest BCUT2D eigenvalue weighted by atomic mass is 9.89. The lowest BCUT2D eigenvalue weighted by molar-refractivity contribution is 0.230. The number of hydrogen-bond donors (Lipinski definition) is 1. The Bertz CT molecular complexity index is 143. The zero-order valence-electron chi connectivity index (χ0n) is 10.2. The first-order valence-corrected chi connectivity index (χ1v) is 7.25. The van der Waals surface area contributed by atoms with Crippen LogP contribution in [0, 0.1) is 5.92 Å². The molecule has 1 aliphatic rings. The fourth-order valence-electron chi connectivity index (χ4n) is 2.57. The molecule has 90 valence electrons. The number of hydrogen-bond acceptors (Lipinski definition) is 2. The molecule has 0 unspecified atom stereocenters. The van der Waals surface area contributed by atoms with Crippen LogP contribution in [0.15, 0.2) is 0 Å². The Morgan fingerprint density at radius 3 is 2.47 bits per heavy atom. The molecule has 1 saturated carbocycles. The molecule has 1 fully saturated rings. The summed E-state index contributed by atoms with van der Waals surface area (Å²) in [6, 6.07) is 0. The molecule has 15 heavy (non-hydrogen) atoms. The summed E-state index contributed by atoms with van der Waals surface area (Å²) >= 11 is 4.24. The van der Waals surface area contributed by atoms with Gasteiger partial charge in [-0.05, 0) is 50.9 Å². The standard InChI is InChI=1S/C13H27NS/c1-14(10-6-3-7-11-15)12-13-8-4-2-5-9-13/h13,15H,2-12H2,1H3. The smallest absolute Gasteiger partial charge is 0.000661 e. The molecule has 0 atom stereocenters. The van der Waals surface area contributed by atoms with E-state index in [1.54, 1.807) is 0 Å². The minimum atomic E-state index is 0.994. The number of unbranched alkanes of at least 4 members (excludes halogenated alkanes) is 2. The minimum Gasteiger partial charge on any atom is -0.306 e. The summed E-state index contributed by atoms with van der Waals surface area (Å²) in [5, 5.41) is 0. The average Bonchev–Trinajstić information content (AvgIpc) is 2.26. The summed E-state index contributed by atoms with van der Waals surface area (Å²) in [5.74, 6) is 2.04. The van der Waals surface area contributed by atoms with E-state index < -0.39 is 0 Å². The molecule has 0 saturated heterocycles. The second-order valence-corrected chi connectivity index (χ2v) is 5.50. The van der Waals surface area contributed by atoms with Crippen molar-refractivity contribution in [1.82, 2.24) is 4.90 Å². The van der Waals surface area contributed by atoms with Crippen LogP contribution in [0.25, 0.3) is 0 Å². The van der Waals surface area contributed by atoms with E-state index in [2.05, 4.69) is 24.6 Å². The molecule has 0 aliphatic heterocycles. The van der Waals surface area contributed by atoms with Crippen molar-refractivity contribution in [1.29, 1.82) is 0 Å². The van der Waals surface area contributed by atoms with Gasteiger partial charge >= 0.3 is 0 Å². The van der Waals surface area contributed by atoms with Gasteiger partial charge in [0.05, 0.1) is 0 Å². The highest BCUT2D eigenvalue weighted by Crippen LogP contribution is 2.24. The van der Waals surface area contributed by atoms with Gasteiger partial charge in [-0.2, -0.15) is 12.6 Å². The van der Waals surface area contributed by atoms with Gasteiger partial charge in [-0.25, -0.2) is 0 Å². The molecule has 1 rings (SSSR count). The van der Waals surface area contributed by atoms with Gasteiger partial charge in [0.15, 0.2) is 0 Å². The molecule has 0 aromatic heterocycles. The van der Waals surface area contributed by atoms with Crippen LogP contribution in [0.5, 0.6) is 0 Å². The summed E-state index contributed by atoms with van der Waals surface area (Å²) in [4.78, 5) is 2.54. The van der Waals surface area contributed by atoms with E-state index in [1.807, 2.05) is 0 Å². The summed E-state index contributed by atoms with van der Waals surface area (Å²) in [5.41, 5.74) is 0. The van der Waals surface area contributed by atoms with Crippen molar-refractivity contribution < 1.29 is 0 Å². The number of thiol groups is 1. The molecule has 2 heteroatoms. The van der Waals surface area contributed by atoms with Gasteiger partial charge in [0.1, 0.15) is 0 Å². The topological polar surface area (TPSA) is 3.24 Å². The van der Waals surface area contributed by atoms with Crippen molar-refractivity contribution in [2.75, 3.05) is 25.9 Å². The van der Waals surface area contributed by atoms with Gasteiger partial charge in [-0.1, -0.05) is 25.7 Å². The third-order valence-corrected chi connectivity index (χ3v) is 3.81. The van der Waals surface area contributed by atoms with Crippen molar-refractivity contribution in [3.05, 3.63) is 0 Å². The fourth-order valence-corrected chi connectivity index (χ4v) is 2.80. The van der Waals surface area contributed by atoms with Gasteiger partial charge in [0.2, 0.25) is 0 Å². The lowest BCUT2D eigenvalue weighted by Gasteiger charge is -2.26. The normalized spacial score (nSPS) is 18.6. The van der Waals surface area contributed by atoms with E-state index in [0.29, 0.717) is 0 Å². The minimum absolute atomic E-state index is 0.994. The van der Waals surface area contributed by atoms with Crippen LogP contribution >= 0.6 is 12.6 Å². The Hall–Kier alpha value is 0.310. The van der Waals surface area contributed by atoms with Gasteiger partial charge in [0, 0.05) is 6.54 Å². The maximum atomic E-state index is 4.24. The number of rotatable bonds is 7. The van der Waals surface area contributed by atoms with Crippen LogP contribution in [-0.2, 0) is 0 Å². The van der Waals surface area contributed by atoms with Crippen LogP contribution in [-0.4, -0.2) is 30.8 Å². The van der Waals surface area contributed by atoms with E-state index in [4.69, 9.17) is 0 Å². The summed E-state index contributed by atoms with van der Waals surface area (Å²) in [7, 11) is 2.29. The third kappa shape index (κ3) is 6.47. The van der Waals surface area contributed by atoms with Gasteiger partial charge in [-0.15, -0.1) is 0 Å². The van der Waals surface area contributed by atoms with Crippen LogP contribution < -0.4 is 0 Å². The summed E-state index contributed by atoms with van der Waals surface area (Å²) in [6.45, 7) is 2.62. The maximum absolute atomic E-state index is 4.24. The second-order valence-electron chi connectivity index (χ2n) is 5.05. The molecule has 1 nitrogen and oxygen atoms in total. The first-order valence-electron chi connectivity index (χ1n) is 6.62. The van der Waals surface area contributed by atoms with Crippen LogP contribution in [0.4, 0.5) is 0 Å². The molecule has 0 aromatic carbocycles. The third-order valence-electron chi connectivity index (χ3n) is 3.49. The molecule has 0 amide bonds. The molecule has 0 bridgehead atoms. The van der Waals surface area contributed by atoms with Crippen molar-refractivity contribution >= 4 is 12.6 Å². The largest absolute Gasteiger partial charge is 0.306 e. The maximum Gasteiger partial charge on any atom is 0.000661 e. The predicted molar refractivity (Wildman–Crippen MR) is 71.8 cm³/mol. The van der Waals surface area contributed by atoms with E-state index in [1.165, 1.54) is 64.5 Å². The number of nitrogens with zero attached hydrogens (tertiary/aromatic N) is 1. The zero-order valence-corrected chi connectivity index (χ0v) is 11.1. The first kappa shape index (κ1) is 13.4. The predicted octanol–water partition coefficient (Wildman–Crippen LogP) is 3.60. The Kier molecular flexibility index (Phi) is 7.54.